The molecule has 0 amide bonds. The van der Waals surface area contributed by atoms with Gasteiger partial charge in [0.05, 0.1) is 0 Å². The fourth-order valence-electron chi connectivity index (χ4n) is 1.31. The second-order valence-corrected chi connectivity index (χ2v) is 3.56. The van der Waals surface area contributed by atoms with E-state index in [9.17, 15) is 4.79 Å². The summed E-state index contributed by atoms with van der Waals surface area (Å²) < 4.78 is 0. The molecule has 1 rings (SSSR count). The highest BCUT2D eigenvalue weighted by Gasteiger charge is 2.16. The smallest absolute Gasteiger partial charge is 0.235 e. The average molecular weight is 219 g/mol. The van der Waals surface area contributed by atoms with Gasteiger partial charge in [-0.3, -0.25) is 5.32 Å². The third kappa shape index (κ3) is 3.92. The van der Waals surface area contributed by atoms with Crippen molar-refractivity contribution in [1.82, 2.24) is 5.32 Å². The van der Waals surface area contributed by atoms with Crippen LogP contribution in [-0.4, -0.2) is 18.9 Å². The molecule has 5 nitrogen and oxygen atoms in total. The molecule has 0 unspecified atom stereocenters. The van der Waals surface area contributed by atoms with Crippen LogP contribution in [0.3, 0.4) is 0 Å². The van der Waals surface area contributed by atoms with Gasteiger partial charge in [0.2, 0.25) is 6.08 Å². The Bertz CT molecular complexity index is 397. The standard InChI is InChI=1S/C11H15N4O/c1-14-11(12,13)6-9-3-2-4-10(5-9)7-15-8-16/h2-5,7,14H,6,12-13H2,1H3. The Labute approximate surface area is 94.5 Å². The first-order valence-electron chi connectivity index (χ1n) is 4.83. The van der Waals surface area contributed by atoms with E-state index in [2.05, 4.69) is 10.3 Å². The average Bonchev–Trinajstić information content (AvgIpc) is 2.26. The summed E-state index contributed by atoms with van der Waals surface area (Å²) >= 11 is 0. The van der Waals surface area contributed by atoms with Crippen LogP contribution in [0, 0.1) is 6.54 Å². The predicted molar refractivity (Wildman–Crippen MR) is 61.8 cm³/mol. The Kier molecular flexibility index (Phi) is 4.34. The molecule has 0 atom stereocenters. The topological polar surface area (TPSA) is 93.5 Å². The van der Waals surface area contributed by atoms with Crippen molar-refractivity contribution >= 4 is 6.08 Å². The molecule has 0 bridgehead atoms. The quantitative estimate of drug-likeness (QED) is 0.365. The normalized spacial score (nSPS) is 10.9. The molecule has 0 aliphatic rings. The molecule has 0 fully saturated rings. The van der Waals surface area contributed by atoms with Gasteiger partial charge in [-0.15, -0.1) is 0 Å². The maximum absolute atomic E-state index is 9.97. The van der Waals surface area contributed by atoms with Gasteiger partial charge in [0.25, 0.3) is 0 Å². The molecule has 85 valence electrons. The Morgan fingerprint density at radius 3 is 2.94 bits per heavy atom. The molecular formula is C11H15N4O. The maximum Gasteiger partial charge on any atom is 0.235 e. The third-order valence-corrected chi connectivity index (χ3v) is 2.18. The number of likely N-dealkylation sites (N-methyl/N-ethyl adjacent to an activating group) is 1. The first-order valence-corrected chi connectivity index (χ1v) is 4.83. The Hall–Kier alpha value is -1.52. The molecule has 5 heteroatoms. The molecule has 0 aromatic heterocycles. The van der Waals surface area contributed by atoms with Gasteiger partial charge in [-0.25, -0.2) is 4.79 Å². The number of nitrogens with one attached hydrogen (secondary N) is 1. The van der Waals surface area contributed by atoms with Gasteiger partial charge < -0.3 is 11.5 Å². The fourth-order valence-corrected chi connectivity index (χ4v) is 1.31. The minimum Gasteiger partial charge on any atom is -0.301 e. The number of rotatable bonds is 5. The van der Waals surface area contributed by atoms with E-state index >= 15 is 0 Å². The Morgan fingerprint density at radius 1 is 1.56 bits per heavy atom. The van der Waals surface area contributed by atoms with Crippen LogP contribution in [0.1, 0.15) is 11.1 Å². The van der Waals surface area contributed by atoms with Gasteiger partial charge in [-0.1, -0.05) is 24.3 Å². The number of hydrogen-bond donors (Lipinski definition) is 3. The van der Waals surface area contributed by atoms with E-state index in [1.165, 1.54) is 12.6 Å². The van der Waals surface area contributed by atoms with E-state index in [0.29, 0.717) is 6.42 Å². The lowest BCUT2D eigenvalue weighted by Gasteiger charge is -2.23. The van der Waals surface area contributed by atoms with Gasteiger partial charge in [0, 0.05) is 6.42 Å². The second-order valence-electron chi connectivity index (χ2n) is 3.56. The zero-order valence-electron chi connectivity index (χ0n) is 9.10. The SMILES string of the molecule is CNC(N)(N)Cc1cccc([CH]N=C=O)c1. The van der Waals surface area contributed by atoms with E-state index in [-0.39, 0.29) is 0 Å². The minimum atomic E-state index is -0.938. The van der Waals surface area contributed by atoms with Gasteiger partial charge >= 0.3 is 0 Å². The van der Waals surface area contributed by atoms with E-state index in [1.54, 1.807) is 7.05 Å². The molecule has 1 radical (unpaired) electrons. The van der Waals surface area contributed by atoms with Crippen molar-refractivity contribution < 1.29 is 4.79 Å². The highest BCUT2D eigenvalue weighted by atomic mass is 16.1. The lowest BCUT2D eigenvalue weighted by atomic mass is 10.0. The number of hydrogen-bond acceptors (Lipinski definition) is 5. The summed E-state index contributed by atoms with van der Waals surface area (Å²) in [4.78, 5) is 13.4. The number of isocyanates is 1. The molecule has 1 aromatic rings. The molecule has 0 saturated carbocycles. The highest BCUT2D eigenvalue weighted by molar-refractivity contribution is 5.38. The highest BCUT2D eigenvalue weighted by Crippen LogP contribution is 2.10. The summed E-state index contributed by atoms with van der Waals surface area (Å²) in [6.07, 6.45) is 1.93. The first kappa shape index (κ1) is 12.5. The number of carbonyl (C=O) groups excluding carboxylic acids is 1. The maximum atomic E-state index is 9.97. The number of nitrogens with two attached hydrogens (primary N) is 2. The van der Waals surface area contributed by atoms with E-state index < -0.39 is 5.79 Å². The molecular weight excluding hydrogens is 204 g/mol. The van der Waals surface area contributed by atoms with Crippen LogP contribution < -0.4 is 16.8 Å². The van der Waals surface area contributed by atoms with Crippen LogP contribution in [0.5, 0.6) is 0 Å². The molecule has 5 N–H and O–H groups in total. The van der Waals surface area contributed by atoms with Crippen LogP contribution in [0.15, 0.2) is 29.3 Å². The molecule has 0 saturated heterocycles. The number of benzene rings is 1. The van der Waals surface area contributed by atoms with Gasteiger partial charge in [0.1, 0.15) is 12.3 Å². The summed E-state index contributed by atoms with van der Waals surface area (Å²) in [6.45, 7) is 1.44. The van der Waals surface area contributed by atoms with E-state index in [4.69, 9.17) is 11.5 Å². The summed E-state index contributed by atoms with van der Waals surface area (Å²) in [6, 6.07) is 7.46. The molecule has 16 heavy (non-hydrogen) atoms. The first-order chi connectivity index (χ1) is 7.57. The lowest BCUT2D eigenvalue weighted by Crippen LogP contribution is -2.61. The summed E-state index contributed by atoms with van der Waals surface area (Å²) in [7, 11) is 1.70. The van der Waals surface area contributed by atoms with Crippen molar-refractivity contribution in [3.05, 3.63) is 41.9 Å². The fraction of sp³-hybridized carbons (Fsp3) is 0.273. The Morgan fingerprint density at radius 2 is 2.31 bits per heavy atom. The summed E-state index contributed by atoms with van der Waals surface area (Å²) in [5.74, 6) is -0.938. The van der Waals surface area contributed by atoms with E-state index in [0.717, 1.165) is 11.1 Å². The summed E-state index contributed by atoms with van der Waals surface area (Å²) in [5, 5.41) is 2.81. The van der Waals surface area contributed by atoms with Crippen molar-refractivity contribution in [3.63, 3.8) is 0 Å². The zero-order valence-corrected chi connectivity index (χ0v) is 9.10. The predicted octanol–water partition coefficient (Wildman–Crippen LogP) is -0.135. The van der Waals surface area contributed by atoms with Crippen molar-refractivity contribution in [2.75, 3.05) is 7.05 Å². The van der Waals surface area contributed by atoms with Crippen molar-refractivity contribution in [2.24, 2.45) is 16.5 Å². The molecule has 1 aromatic carbocycles. The summed E-state index contributed by atoms with van der Waals surface area (Å²) in [5.41, 5.74) is 13.3. The minimum absolute atomic E-state index is 0.482. The lowest BCUT2D eigenvalue weighted by molar-refractivity contribution is 0.374. The largest absolute Gasteiger partial charge is 0.301 e. The molecule has 0 aliphatic heterocycles. The van der Waals surface area contributed by atoms with Crippen molar-refractivity contribution in [1.29, 1.82) is 0 Å². The van der Waals surface area contributed by atoms with Crippen LogP contribution in [0.2, 0.25) is 0 Å². The molecule has 0 spiro atoms. The Balaban J connectivity index is 2.78. The van der Waals surface area contributed by atoms with E-state index in [1.807, 2.05) is 24.3 Å². The third-order valence-electron chi connectivity index (χ3n) is 2.18. The monoisotopic (exact) mass is 219 g/mol. The second kappa shape index (κ2) is 5.53. The van der Waals surface area contributed by atoms with Crippen LogP contribution in [-0.2, 0) is 11.2 Å². The van der Waals surface area contributed by atoms with Gasteiger partial charge in [0.15, 0.2) is 0 Å². The van der Waals surface area contributed by atoms with Gasteiger partial charge in [-0.05, 0) is 18.2 Å². The van der Waals surface area contributed by atoms with Crippen molar-refractivity contribution in [3.8, 4) is 0 Å². The van der Waals surface area contributed by atoms with Crippen LogP contribution >= 0.6 is 0 Å². The molecule has 0 aliphatic carbocycles. The van der Waals surface area contributed by atoms with Crippen LogP contribution in [0.25, 0.3) is 0 Å². The zero-order chi connectivity index (χ0) is 12.0. The number of nitrogens with zero attached hydrogens (tertiary/aromatic N) is 1. The molecule has 0 heterocycles. The number of aliphatic imine (C=N–C) groups is 1. The van der Waals surface area contributed by atoms with Crippen LogP contribution in [0.4, 0.5) is 0 Å². The van der Waals surface area contributed by atoms with Gasteiger partial charge in [-0.2, -0.15) is 4.99 Å². The van der Waals surface area contributed by atoms with Crippen molar-refractivity contribution in [2.45, 2.75) is 12.2 Å².